The SMILES string of the molecule is COc1ccc(NC(=O)COC(=O)c2cnc(Cl)c(Cl)c2)cc1OC. The average Bonchev–Trinajstić information content (AvgIpc) is 2.61. The first-order valence-corrected chi connectivity index (χ1v) is 7.70. The van der Waals surface area contributed by atoms with Crippen LogP contribution in [0.25, 0.3) is 0 Å². The molecule has 7 nitrogen and oxygen atoms in total. The molecule has 0 saturated carbocycles. The van der Waals surface area contributed by atoms with E-state index in [4.69, 9.17) is 37.4 Å². The smallest absolute Gasteiger partial charge is 0.340 e. The molecule has 0 spiro atoms. The lowest BCUT2D eigenvalue weighted by Crippen LogP contribution is -2.21. The maximum absolute atomic E-state index is 11.9. The maximum Gasteiger partial charge on any atom is 0.340 e. The zero-order chi connectivity index (χ0) is 18.4. The van der Waals surface area contributed by atoms with Gasteiger partial charge in [0.15, 0.2) is 18.1 Å². The predicted molar refractivity (Wildman–Crippen MR) is 92.7 cm³/mol. The molecule has 0 unspecified atom stereocenters. The zero-order valence-electron chi connectivity index (χ0n) is 13.3. The van der Waals surface area contributed by atoms with Crippen molar-refractivity contribution in [2.45, 2.75) is 0 Å². The Bertz CT molecular complexity index is 798. The van der Waals surface area contributed by atoms with E-state index in [0.29, 0.717) is 17.2 Å². The van der Waals surface area contributed by atoms with Gasteiger partial charge in [0.2, 0.25) is 0 Å². The summed E-state index contributed by atoms with van der Waals surface area (Å²) in [6, 6.07) is 6.17. The fourth-order valence-electron chi connectivity index (χ4n) is 1.86. The number of methoxy groups -OCH3 is 2. The molecule has 0 aliphatic carbocycles. The molecule has 0 radical (unpaired) electrons. The summed E-state index contributed by atoms with van der Waals surface area (Å²) in [6.07, 6.45) is 1.21. The molecule has 25 heavy (non-hydrogen) atoms. The molecule has 0 saturated heterocycles. The van der Waals surface area contributed by atoms with Gasteiger partial charge in [-0.3, -0.25) is 4.79 Å². The summed E-state index contributed by atoms with van der Waals surface area (Å²) in [6.45, 7) is -0.479. The summed E-state index contributed by atoms with van der Waals surface area (Å²) >= 11 is 11.4. The highest BCUT2D eigenvalue weighted by Crippen LogP contribution is 2.29. The lowest BCUT2D eigenvalue weighted by atomic mass is 10.2. The molecular weight excluding hydrogens is 371 g/mol. The van der Waals surface area contributed by atoms with Crippen LogP contribution in [0, 0.1) is 0 Å². The number of carbonyl (C=O) groups is 2. The number of esters is 1. The van der Waals surface area contributed by atoms with E-state index in [1.165, 1.54) is 26.5 Å². The van der Waals surface area contributed by atoms with Crippen LogP contribution in [0.5, 0.6) is 11.5 Å². The summed E-state index contributed by atoms with van der Waals surface area (Å²) in [4.78, 5) is 27.5. The van der Waals surface area contributed by atoms with Gasteiger partial charge in [-0.2, -0.15) is 0 Å². The lowest BCUT2D eigenvalue weighted by Gasteiger charge is -2.11. The molecule has 0 aliphatic rings. The second kappa shape index (κ2) is 8.55. The minimum absolute atomic E-state index is 0.0735. The van der Waals surface area contributed by atoms with E-state index >= 15 is 0 Å². The number of aromatic nitrogens is 1. The van der Waals surface area contributed by atoms with Crippen LogP contribution in [0.1, 0.15) is 10.4 Å². The number of anilines is 1. The van der Waals surface area contributed by atoms with Crippen LogP contribution in [-0.2, 0) is 9.53 Å². The second-order valence-corrected chi connectivity index (χ2v) is 5.46. The van der Waals surface area contributed by atoms with Crippen molar-refractivity contribution >= 4 is 40.8 Å². The number of nitrogens with one attached hydrogen (secondary N) is 1. The number of benzene rings is 1. The van der Waals surface area contributed by atoms with Gasteiger partial charge in [0.1, 0.15) is 5.15 Å². The molecule has 1 heterocycles. The summed E-state index contributed by atoms with van der Waals surface area (Å²) < 4.78 is 15.2. The number of pyridine rings is 1. The van der Waals surface area contributed by atoms with Crippen LogP contribution in [0.4, 0.5) is 5.69 Å². The molecule has 1 aromatic heterocycles. The fraction of sp³-hybridized carbons (Fsp3) is 0.188. The van der Waals surface area contributed by atoms with Gasteiger partial charge < -0.3 is 19.5 Å². The van der Waals surface area contributed by atoms with Crippen LogP contribution in [-0.4, -0.2) is 37.7 Å². The molecular formula is C16H14Cl2N2O5. The third-order valence-corrected chi connectivity index (χ3v) is 3.72. The molecule has 1 N–H and O–H groups in total. The first-order valence-electron chi connectivity index (χ1n) is 6.94. The number of hydrogen-bond acceptors (Lipinski definition) is 6. The van der Waals surface area contributed by atoms with Gasteiger partial charge in [0, 0.05) is 18.0 Å². The van der Waals surface area contributed by atoms with Gasteiger partial charge >= 0.3 is 5.97 Å². The third kappa shape index (κ3) is 4.98. The molecule has 0 bridgehead atoms. The Labute approximate surface area is 153 Å². The van der Waals surface area contributed by atoms with Crippen molar-refractivity contribution in [1.82, 2.24) is 4.98 Å². The van der Waals surface area contributed by atoms with E-state index in [1.54, 1.807) is 18.2 Å². The minimum atomic E-state index is -0.742. The van der Waals surface area contributed by atoms with Gasteiger partial charge in [-0.1, -0.05) is 23.2 Å². The van der Waals surface area contributed by atoms with Crippen LogP contribution >= 0.6 is 23.2 Å². The quantitative estimate of drug-likeness (QED) is 0.607. The van der Waals surface area contributed by atoms with Crippen molar-refractivity contribution in [1.29, 1.82) is 0 Å². The maximum atomic E-state index is 11.9. The van der Waals surface area contributed by atoms with Gasteiger partial charge in [-0.05, 0) is 18.2 Å². The first kappa shape index (κ1) is 18.8. The van der Waals surface area contributed by atoms with Crippen molar-refractivity contribution in [3.63, 3.8) is 0 Å². The number of hydrogen-bond donors (Lipinski definition) is 1. The lowest BCUT2D eigenvalue weighted by molar-refractivity contribution is -0.119. The van der Waals surface area contributed by atoms with Crippen molar-refractivity contribution in [2.75, 3.05) is 26.1 Å². The van der Waals surface area contributed by atoms with Crippen molar-refractivity contribution in [3.05, 3.63) is 46.2 Å². The number of amides is 1. The Morgan fingerprint density at radius 3 is 2.48 bits per heavy atom. The Morgan fingerprint density at radius 1 is 1.12 bits per heavy atom. The monoisotopic (exact) mass is 384 g/mol. The summed E-state index contributed by atoms with van der Waals surface area (Å²) in [5.41, 5.74) is 0.559. The highest BCUT2D eigenvalue weighted by molar-refractivity contribution is 6.41. The first-order chi connectivity index (χ1) is 11.9. The normalized spacial score (nSPS) is 10.1. The Morgan fingerprint density at radius 2 is 1.84 bits per heavy atom. The molecule has 9 heteroatoms. The zero-order valence-corrected chi connectivity index (χ0v) is 14.9. The van der Waals surface area contributed by atoms with Gasteiger partial charge in [0.25, 0.3) is 5.91 Å². The highest BCUT2D eigenvalue weighted by Gasteiger charge is 2.13. The molecule has 2 rings (SSSR count). The van der Waals surface area contributed by atoms with E-state index in [-0.39, 0.29) is 15.7 Å². The van der Waals surface area contributed by atoms with E-state index in [2.05, 4.69) is 10.3 Å². The van der Waals surface area contributed by atoms with Crippen LogP contribution in [0.3, 0.4) is 0 Å². The number of halogens is 2. The standard InChI is InChI=1S/C16H14Cl2N2O5/c1-23-12-4-3-10(6-13(12)24-2)20-14(21)8-25-16(22)9-5-11(17)15(18)19-7-9/h3-7H,8H2,1-2H3,(H,20,21). The van der Waals surface area contributed by atoms with E-state index in [9.17, 15) is 9.59 Å². The molecule has 0 aliphatic heterocycles. The highest BCUT2D eigenvalue weighted by atomic mass is 35.5. The number of rotatable bonds is 6. The van der Waals surface area contributed by atoms with Crippen LogP contribution in [0.15, 0.2) is 30.5 Å². The molecule has 2 aromatic rings. The largest absolute Gasteiger partial charge is 0.493 e. The van der Waals surface area contributed by atoms with Gasteiger partial charge in [0.05, 0.1) is 24.8 Å². The van der Waals surface area contributed by atoms with Gasteiger partial charge in [-0.25, -0.2) is 9.78 Å². The number of nitrogens with zero attached hydrogens (tertiary/aromatic N) is 1. The van der Waals surface area contributed by atoms with Crippen LogP contribution < -0.4 is 14.8 Å². The summed E-state index contributed by atoms with van der Waals surface area (Å²) in [5.74, 6) is -0.277. The number of ether oxygens (including phenoxy) is 3. The number of carbonyl (C=O) groups excluding carboxylic acids is 2. The van der Waals surface area contributed by atoms with Crippen LogP contribution in [0.2, 0.25) is 10.2 Å². The third-order valence-electron chi connectivity index (χ3n) is 3.03. The Hall–Kier alpha value is -2.51. The summed E-state index contributed by atoms with van der Waals surface area (Å²) in [5, 5.41) is 2.77. The Balaban J connectivity index is 1.94. The van der Waals surface area contributed by atoms with E-state index in [0.717, 1.165) is 0 Å². The van der Waals surface area contributed by atoms with Crippen molar-refractivity contribution in [3.8, 4) is 11.5 Å². The molecule has 132 valence electrons. The van der Waals surface area contributed by atoms with Gasteiger partial charge in [-0.15, -0.1) is 0 Å². The molecule has 1 aromatic carbocycles. The second-order valence-electron chi connectivity index (χ2n) is 4.69. The average molecular weight is 385 g/mol. The Kier molecular flexibility index (Phi) is 6.44. The molecule has 1 amide bonds. The van der Waals surface area contributed by atoms with Crippen molar-refractivity contribution in [2.24, 2.45) is 0 Å². The topological polar surface area (TPSA) is 86.8 Å². The minimum Gasteiger partial charge on any atom is -0.493 e. The summed E-state index contributed by atoms with van der Waals surface area (Å²) in [7, 11) is 2.99. The van der Waals surface area contributed by atoms with Crippen molar-refractivity contribution < 1.29 is 23.8 Å². The van der Waals surface area contributed by atoms with E-state index < -0.39 is 18.5 Å². The molecule has 0 atom stereocenters. The predicted octanol–water partition coefficient (Wildman–Crippen LogP) is 3.20. The fourth-order valence-corrected chi connectivity index (χ4v) is 2.13. The van der Waals surface area contributed by atoms with E-state index in [1.807, 2.05) is 0 Å². The molecule has 0 fully saturated rings.